The molecule has 1 aromatic heterocycles. The third-order valence-corrected chi connectivity index (χ3v) is 10.3. The first-order chi connectivity index (χ1) is 24.7. The molecule has 5 nitrogen and oxygen atoms in total. The van der Waals surface area contributed by atoms with Gasteiger partial charge in [-0.25, -0.2) is 0 Å². The Balaban J connectivity index is 1.28. The fraction of sp³-hybridized carbons (Fsp3) is 0.0889. The van der Waals surface area contributed by atoms with Gasteiger partial charge in [-0.3, -0.25) is 0 Å². The van der Waals surface area contributed by atoms with E-state index in [1.54, 1.807) is 6.07 Å². The lowest BCUT2D eigenvalue weighted by molar-refractivity contribution is 0.658. The predicted molar refractivity (Wildman–Crippen MR) is 199 cm³/mol. The van der Waals surface area contributed by atoms with Crippen molar-refractivity contribution in [1.82, 2.24) is 4.57 Å². The quantitative estimate of drug-likeness (QED) is 0.192. The van der Waals surface area contributed by atoms with E-state index >= 15 is 0 Å². The summed E-state index contributed by atoms with van der Waals surface area (Å²) in [7, 11) is 0. The molecule has 234 valence electrons. The molecule has 0 N–H and O–H groups in total. The smallest absolute Gasteiger partial charge is 0.101 e. The molecule has 0 fully saturated rings. The van der Waals surface area contributed by atoms with Gasteiger partial charge in [0, 0.05) is 39.2 Å². The number of benzene rings is 5. The number of rotatable bonds is 4. The van der Waals surface area contributed by atoms with Gasteiger partial charge in [-0.15, -0.1) is 0 Å². The molecule has 2 atom stereocenters. The van der Waals surface area contributed by atoms with Crippen molar-refractivity contribution in [3.05, 3.63) is 168 Å². The number of aromatic nitrogens is 1. The molecule has 0 saturated carbocycles. The molecule has 0 bridgehead atoms. The minimum absolute atomic E-state index is 0.181. The second kappa shape index (κ2) is 11.7. The maximum Gasteiger partial charge on any atom is 0.101 e. The van der Waals surface area contributed by atoms with Crippen LogP contribution in [0.4, 0.5) is 5.69 Å². The van der Waals surface area contributed by atoms with E-state index in [1.165, 1.54) is 11.3 Å². The molecule has 2 heterocycles. The fourth-order valence-corrected chi connectivity index (χ4v) is 8.22. The highest BCUT2D eigenvalue weighted by Gasteiger charge is 2.39. The van der Waals surface area contributed by atoms with Gasteiger partial charge in [0.2, 0.25) is 0 Å². The van der Waals surface area contributed by atoms with Crippen LogP contribution in [0.1, 0.15) is 29.5 Å². The van der Waals surface area contributed by atoms with Crippen LogP contribution in [0.15, 0.2) is 151 Å². The summed E-state index contributed by atoms with van der Waals surface area (Å²) in [4.78, 5) is 2.43. The Morgan fingerprint density at radius 2 is 1.52 bits per heavy atom. The zero-order chi connectivity index (χ0) is 33.8. The Morgan fingerprint density at radius 3 is 2.40 bits per heavy atom. The molecule has 5 aromatic carbocycles. The van der Waals surface area contributed by atoms with Crippen molar-refractivity contribution in [2.24, 2.45) is 5.92 Å². The number of hydrogen-bond acceptors (Lipinski definition) is 4. The minimum atomic E-state index is 0.181. The van der Waals surface area contributed by atoms with Crippen LogP contribution in [-0.2, 0) is 0 Å². The molecular weight excluding hydrogens is 611 g/mol. The van der Waals surface area contributed by atoms with Crippen LogP contribution in [0.3, 0.4) is 0 Å². The average Bonchev–Trinajstić information content (AvgIpc) is 3.70. The summed E-state index contributed by atoms with van der Waals surface area (Å²) in [6.07, 6.45) is 15.5. The lowest BCUT2D eigenvalue weighted by Crippen LogP contribution is -2.32. The summed E-state index contributed by atoms with van der Waals surface area (Å²) in [6, 6.07) is 41.6. The molecule has 2 aliphatic carbocycles. The summed E-state index contributed by atoms with van der Waals surface area (Å²) >= 11 is 0. The number of anilines is 1. The molecule has 0 amide bonds. The topological polar surface area (TPSA) is 79.5 Å². The van der Waals surface area contributed by atoms with Crippen LogP contribution in [-0.4, -0.2) is 10.6 Å². The molecule has 0 spiro atoms. The van der Waals surface area contributed by atoms with Gasteiger partial charge in [-0.2, -0.15) is 15.8 Å². The zero-order valence-corrected chi connectivity index (χ0v) is 27.1. The molecular formula is C45H29N5. The van der Waals surface area contributed by atoms with E-state index in [2.05, 4.69) is 107 Å². The molecule has 6 aromatic rings. The maximum atomic E-state index is 10.7. The lowest BCUT2D eigenvalue weighted by Gasteiger charge is -2.30. The first-order valence-electron chi connectivity index (χ1n) is 16.8. The lowest BCUT2D eigenvalue weighted by atomic mass is 9.86. The summed E-state index contributed by atoms with van der Waals surface area (Å²) < 4.78 is 2.24. The van der Waals surface area contributed by atoms with Crippen molar-refractivity contribution in [2.45, 2.75) is 18.9 Å². The van der Waals surface area contributed by atoms with Gasteiger partial charge >= 0.3 is 0 Å². The fourth-order valence-electron chi connectivity index (χ4n) is 8.22. The van der Waals surface area contributed by atoms with Crippen LogP contribution in [0, 0.1) is 39.9 Å². The van der Waals surface area contributed by atoms with E-state index in [0.717, 1.165) is 68.3 Å². The van der Waals surface area contributed by atoms with E-state index in [-0.39, 0.29) is 6.04 Å². The number of fused-ring (bicyclic) bond motifs is 5. The number of hydrogen-bond donors (Lipinski definition) is 0. The Morgan fingerprint density at radius 1 is 0.680 bits per heavy atom. The monoisotopic (exact) mass is 639 g/mol. The maximum absolute atomic E-state index is 10.7. The van der Waals surface area contributed by atoms with Gasteiger partial charge in [-0.05, 0) is 84.1 Å². The highest BCUT2D eigenvalue weighted by atomic mass is 15.2. The van der Waals surface area contributed by atoms with Crippen molar-refractivity contribution in [3.63, 3.8) is 0 Å². The molecule has 3 aliphatic rings. The molecule has 0 saturated heterocycles. The number of nitrogens with zero attached hydrogens (tertiary/aromatic N) is 5. The Labute approximate surface area is 290 Å². The van der Waals surface area contributed by atoms with Crippen molar-refractivity contribution in [2.75, 3.05) is 4.90 Å². The van der Waals surface area contributed by atoms with Gasteiger partial charge < -0.3 is 9.47 Å². The molecule has 5 heteroatoms. The van der Waals surface area contributed by atoms with Crippen LogP contribution >= 0.6 is 0 Å². The van der Waals surface area contributed by atoms with Gasteiger partial charge in [0.1, 0.15) is 12.1 Å². The van der Waals surface area contributed by atoms with Gasteiger partial charge in [0.15, 0.2) is 0 Å². The molecule has 0 radical (unpaired) electrons. The first kappa shape index (κ1) is 29.3. The van der Waals surface area contributed by atoms with E-state index in [0.29, 0.717) is 22.6 Å². The van der Waals surface area contributed by atoms with Crippen LogP contribution in [0.25, 0.3) is 49.7 Å². The zero-order valence-electron chi connectivity index (χ0n) is 27.1. The number of para-hydroxylation sites is 2. The van der Waals surface area contributed by atoms with Crippen molar-refractivity contribution in [3.8, 4) is 46.1 Å². The van der Waals surface area contributed by atoms with Gasteiger partial charge in [0.25, 0.3) is 0 Å². The van der Waals surface area contributed by atoms with E-state index in [9.17, 15) is 15.8 Å². The summed E-state index contributed by atoms with van der Waals surface area (Å²) in [5, 5.41) is 32.6. The van der Waals surface area contributed by atoms with Gasteiger partial charge in [0.05, 0.1) is 45.5 Å². The summed E-state index contributed by atoms with van der Waals surface area (Å²) in [6.45, 7) is 0. The van der Waals surface area contributed by atoms with E-state index in [4.69, 9.17) is 0 Å². The highest BCUT2D eigenvalue weighted by Crippen LogP contribution is 2.47. The first-order valence-corrected chi connectivity index (χ1v) is 16.8. The highest BCUT2D eigenvalue weighted by molar-refractivity contribution is 6.10. The van der Waals surface area contributed by atoms with Crippen LogP contribution < -0.4 is 4.90 Å². The van der Waals surface area contributed by atoms with Crippen LogP contribution in [0.2, 0.25) is 0 Å². The van der Waals surface area contributed by atoms with Crippen molar-refractivity contribution in [1.29, 1.82) is 15.8 Å². The van der Waals surface area contributed by atoms with Gasteiger partial charge in [-0.1, -0.05) is 85.0 Å². The Kier molecular flexibility index (Phi) is 6.84. The molecule has 2 unspecified atom stereocenters. The van der Waals surface area contributed by atoms with E-state index < -0.39 is 0 Å². The average molecular weight is 640 g/mol. The molecule has 9 rings (SSSR count). The number of nitriles is 3. The largest absolute Gasteiger partial charge is 0.334 e. The van der Waals surface area contributed by atoms with E-state index in [1.807, 2.05) is 54.6 Å². The molecule has 50 heavy (non-hydrogen) atoms. The van der Waals surface area contributed by atoms with Crippen molar-refractivity contribution < 1.29 is 0 Å². The number of allylic oxidation sites excluding steroid dienone is 4. The second-order valence-electron chi connectivity index (χ2n) is 12.9. The summed E-state index contributed by atoms with van der Waals surface area (Å²) in [5.41, 5.74) is 11.4. The predicted octanol–water partition coefficient (Wildman–Crippen LogP) is 10.3. The third kappa shape index (κ3) is 4.37. The molecule has 1 aliphatic heterocycles. The Bertz CT molecular complexity index is 2660. The van der Waals surface area contributed by atoms with Crippen molar-refractivity contribution >= 4 is 27.5 Å². The Hall–Kier alpha value is -6.87. The van der Waals surface area contributed by atoms with Crippen LogP contribution in [0.5, 0.6) is 0 Å². The standard InChI is InChI=1S/C45H29N5/c46-26-29-20-23-44-38(24-29)36-15-4-8-19-43(36)50(44)42-18-7-3-14-35(42)37-22-21-31(27-47)39(28-48)45(37)30-10-9-11-32(25-30)49-40-16-5-1-12-33(40)34-13-2-6-17-41(34)49/h1,3-12,14-25,33,40H,2,13H2. The second-order valence-corrected chi connectivity index (χ2v) is 12.9. The normalized spacial score (nSPS) is 17.4. The third-order valence-electron chi connectivity index (χ3n) is 10.3. The minimum Gasteiger partial charge on any atom is -0.334 e. The summed E-state index contributed by atoms with van der Waals surface area (Å²) in [5.74, 6) is 0.332. The SMILES string of the molecule is N#Cc1ccc2c(c1)c1ccccc1n2-c1ccccc1-c1ccc(C#N)c(C#N)c1-c1cccc(N2C3=C(CCC=C3)C3C=CC=CC32)c1.